The SMILES string of the molecule is CCOCCOc1cc(C)ccc1CNC(=NC)NCCNC(=O)c1ccccc1F. The summed E-state index contributed by atoms with van der Waals surface area (Å²) in [6.45, 7) is 6.93. The Kier molecular flexibility index (Phi) is 10.3. The number of ether oxygens (including phenoxy) is 2. The van der Waals surface area contributed by atoms with Crippen LogP contribution in [0.4, 0.5) is 4.39 Å². The van der Waals surface area contributed by atoms with E-state index in [0.717, 1.165) is 16.9 Å². The van der Waals surface area contributed by atoms with Gasteiger partial charge in [-0.1, -0.05) is 24.3 Å². The second-order valence-electron chi connectivity index (χ2n) is 6.74. The Hall–Kier alpha value is -3.13. The van der Waals surface area contributed by atoms with Gasteiger partial charge in [0, 0.05) is 38.9 Å². The number of hydrogen-bond donors (Lipinski definition) is 3. The van der Waals surface area contributed by atoms with E-state index in [1.807, 2.05) is 32.0 Å². The molecule has 0 aliphatic carbocycles. The molecule has 0 heterocycles. The number of nitrogens with one attached hydrogen (secondary N) is 3. The maximum atomic E-state index is 13.6. The van der Waals surface area contributed by atoms with E-state index in [1.54, 1.807) is 19.2 Å². The Bertz CT molecular complexity index is 874. The van der Waals surface area contributed by atoms with Gasteiger partial charge in [0.15, 0.2) is 5.96 Å². The van der Waals surface area contributed by atoms with Gasteiger partial charge < -0.3 is 25.4 Å². The molecule has 0 spiro atoms. The summed E-state index contributed by atoms with van der Waals surface area (Å²) in [5.41, 5.74) is 2.14. The number of hydrogen-bond acceptors (Lipinski definition) is 4. The molecule has 2 aromatic carbocycles. The van der Waals surface area contributed by atoms with Crippen molar-refractivity contribution in [3.05, 3.63) is 65.0 Å². The molecule has 0 saturated heterocycles. The average molecular weight is 431 g/mol. The Balaban J connectivity index is 1.79. The van der Waals surface area contributed by atoms with E-state index < -0.39 is 11.7 Å². The van der Waals surface area contributed by atoms with Crippen LogP contribution in [0.2, 0.25) is 0 Å². The fourth-order valence-electron chi connectivity index (χ4n) is 2.79. The number of carbonyl (C=O) groups excluding carboxylic acids is 1. The van der Waals surface area contributed by atoms with Gasteiger partial charge in [-0.05, 0) is 37.6 Å². The highest BCUT2D eigenvalue weighted by Crippen LogP contribution is 2.20. The third-order valence-electron chi connectivity index (χ3n) is 4.40. The number of benzene rings is 2. The lowest BCUT2D eigenvalue weighted by Gasteiger charge is -2.16. The van der Waals surface area contributed by atoms with Crippen LogP contribution in [-0.4, -0.2) is 51.8 Å². The van der Waals surface area contributed by atoms with Crippen molar-refractivity contribution in [2.45, 2.75) is 20.4 Å². The van der Waals surface area contributed by atoms with Crippen molar-refractivity contribution in [3.8, 4) is 5.75 Å². The third kappa shape index (κ3) is 8.25. The van der Waals surface area contributed by atoms with Gasteiger partial charge in [-0.3, -0.25) is 9.79 Å². The Morgan fingerprint density at radius 1 is 1.06 bits per heavy atom. The van der Waals surface area contributed by atoms with Crippen molar-refractivity contribution in [2.75, 3.05) is 40.0 Å². The lowest BCUT2D eigenvalue weighted by molar-refractivity contribution is 0.0950. The van der Waals surface area contributed by atoms with Gasteiger partial charge in [0.05, 0.1) is 12.2 Å². The summed E-state index contributed by atoms with van der Waals surface area (Å²) in [4.78, 5) is 16.2. The predicted molar refractivity (Wildman–Crippen MR) is 120 cm³/mol. The van der Waals surface area contributed by atoms with Crippen molar-refractivity contribution in [1.82, 2.24) is 16.0 Å². The van der Waals surface area contributed by atoms with Crippen molar-refractivity contribution in [3.63, 3.8) is 0 Å². The van der Waals surface area contributed by atoms with E-state index in [1.165, 1.54) is 12.1 Å². The lowest BCUT2D eigenvalue weighted by atomic mass is 10.1. The highest BCUT2D eigenvalue weighted by molar-refractivity contribution is 5.94. The number of aliphatic imine (C=N–C) groups is 1. The van der Waals surface area contributed by atoms with Crippen molar-refractivity contribution >= 4 is 11.9 Å². The number of nitrogens with zero attached hydrogens (tertiary/aromatic N) is 1. The van der Waals surface area contributed by atoms with Crippen molar-refractivity contribution in [1.29, 1.82) is 0 Å². The molecule has 0 aromatic heterocycles. The van der Waals surface area contributed by atoms with E-state index in [2.05, 4.69) is 20.9 Å². The van der Waals surface area contributed by atoms with Crippen LogP contribution in [-0.2, 0) is 11.3 Å². The quantitative estimate of drug-likeness (QED) is 0.290. The minimum atomic E-state index is -0.539. The first-order chi connectivity index (χ1) is 15.0. The van der Waals surface area contributed by atoms with Gasteiger partial charge in [-0.25, -0.2) is 4.39 Å². The molecule has 0 aliphatic rings. The van der Waals surface area contributed by atoms with Crippen LogP contribution in [0.15, 0.2) is 47.5 Å². The first-order valence-electron chi connectivity index (χ1n) is 10.3. The average Bonchev–Trinajstić information content (AvgIpc) is 2.77. The van der Waals surface area contributed by atoms with Gasteiger partial charge in [0.2, 0.25) is 0 Å². The maximum Gasteiger partial charge on any atom is 0.254 e. The fraction of sp³-hybridized carbons (Fsp3) is 0.391. The molecule has 0 saturated carbocycles. The number of guanidine groups is 1. The molecular weight excluding hydrogens is 399 g/mol. The lowest BCUT2D eigenvalue weighted by Crippen LogP contribution is -2.41. The summed E-state index contributed by atoms with van der Waals surface area (Å²) < 4.78 is 24.8. The third-order valence-corrected chi connectivity index (χ3v) is 4.40. The largest absolute Gasteiger partial charge is 0.491 e. The second kappa shape index (κ2) is 13.2. The van der Waals surface area contributed by atoms with E-state index in [0.29, 0.717) is 45.4 Å². The van der Waals surface area contributed by atoms with Gasteiger partial charge in [-0.15, -0.1) is 0 Å². The molecule has 0 aliphatic heterocycles. The Morgan fingerprint density at radius 2 is 1.84 bits per heavy atom. The number of carbonyl (C=O) groups is 1. The van der Waals surface area contributed by atoms with Crippen LogP contribution in [0.25, 0.3) is 0 Å². The van der Waals surface area contributed by atoms with Gasteiger partial charge in [-0.2, -0.15) is 0 Å². The molecule has 0 radical (unpaired) electrons. The molecule has 7 nitrogen and oxygen atoms in total. The molecule has 0 bridgehead atoms. The minimum Gasteiger partial charge on any atom is -0.491 e. The molecule has 0 atom stereocenters. The van der Waals surface area contributed by atoms with Gasteiger partial charge in [0.1, 0.15) is 18.2 Å². The fourth-order valence-corrected chi connectivity index (χ4v) is 2.79. The first-order valence-corrected chi connectivity index (χ1v) is 10.3. The van der Waals surface area contributed by atoms with Crippen molar-refractivity contribution < 1.29 is 18.7 Å². The number of halogens is 1. The standard InChI is InChI=1S/C23H31FN4O3/c1-4-30-13-14-31-21-15-17(2)9-10-18(21)16-28-23(25-3)27-12-11-26-22(29)19-7-5-6-8-20(19)24/h5-10,15H,4,11-14,16H2,1-3H3,(H,26,29)(H2,25,27,28). The number of amides is 1. The minimum absolute atomic E-state index is 0.0289. The molecule has 2 rings (SSSR count). The number of aryl methyl sites for hydroxylation is 1. The molecule has 31 heavy (non-hydrogen) atoms. The molecule has 0 fully saturated rings. The summed E-state index contributed by atoms with van der Waals surface area (Å²) in [5, 5.41) is 9.04. The topological polar surface area (TPSA) is 84.0 Å². The summed E-state index contributed by atoms with van der Waals surface area (Å²) in [5.74, 6) is 0.403. The van der Waals surface area contributed by atoms with Crippen molar-refractivity contribution in [2.24, 2.45) is 4.99 Å². The van der Waals surface area contributed by atoms with Gasteiger partial charge >= 0.3 is 0 Å². The molecule has 2 aromatic rings. The highest BCUT2D eigenvalue weighted by Gasteiger charge is 2.10. The van der Waals surface area contributed by atoms with Crippen LogP contribution in [0.5, 0.6) is 5.75 Å². The van der Waals surface area contributed by atoms with E-state index in [4.69, 9.17) is 9.47 Å². The molecule has 1 amide bonds. The van der Waals surface area contributed by atoms with E-state index in [9.17, 15) is 9.18 Å². The first kappa shape index (κ1) is 24.1. The summed E-state index contributed by atoms with van der Waals surface area (Å²) in [7, 11) is 1.67. The maximum absolute atomic E-state index is 13.6. The Morgan fingerprint density at radius 3 is 2.58 bits per heavy atom. The van der Waals surface area contributed by atoms with Crippen LogP contribution >= 0.6 is 0 Å². The zero-order valence-electron chi connectivity index (χ0n) is 18.3. The van der Waals surface area contributed by atoms with Crippen LogP contribution in [0.1, 0.15) is 28.4 Å². The monoisotopic (exact) mass is 430 g/mol. The molecular formula is C23H31FN4O3. The van der Waals surface area contributed by atoms with Gasteiger partial charge in [0.25, 0.3) is 5.91 Å². The number of rotatable bonds is 11. The highest BCUT2D eigenvalue weighted by atomic mass is 19.1. The summed E-state index contributed by atoms with van der Waals surface area (Å²) >= 11 is 0. The van der Waals surface area contributed by atoms with Crippen LogP contribution in [0, 0.1) is 12.7 Å². The second-order valence-corrected chi connectivity index (χ2v) is 6.74. The molecule has 168 valence electrons. The summed E-state index contributed by atoms with van der Waals surface area (Å²) in [6.07, 6.45) is 0. The molecule has 0 unspecified atom stereocenters. The van der Waals surface area contributed by atoms with E-state index in [-0.39, 0.29) is 5.56 Å². The normalized spacial score (nSPS) is 11.2. The molecule has 3 N–H and O–H groups in total. The van der Waals surface area contributed by atoms with Crippen LogP contribution < -0.4 is 20.7 Å². The van der Waals surface area contributed by atoms with E-state index >= 15 is 0 Å². The van der Waals surface area contributed by atoms with Crippen LogP contribution in [0.3, 0.4) is 0 Å². The molecule has 8 heteroatoms. The zero-order chi connectivity index (χ0) is 22.5. The predicted octanol–water partition coefficient (Wildman–Crippen LogP) is 2.64. The Labute approximate surface area is 183 Å². The summed E-state index contributed by atoms with van der Waals surface area (Å²) in [6, 6.07) is 11.9. The smallest absolute Gasteiger partial charge is 0.254 e. The zero-order valence-corrected chi connectivity index (χ0v) is 18.3.